The van der Waals surface area contributed by atoms with Crippen LogP contribution in [0.1, 0.15) is 35.6 Å². The van der Waals surface area contributed by atoms with E-state index in [1.807, 2.05) is 18.2 Å². The molecule has 1 N–H and O–H groups in total. The summed E-state index contributed by atoms with van der Waals surface area (Å²) in [7, 11) is 0. The summed E-state index contributed by atoms with van der Waals surface area (Å²) in [5.74, 6) is 0.384. The highest BCUT2D eigenvalue weighted by Crippen LogP contribution is 2.35. The van der Waals surface area contributed by atoms with Gasteiger partial charge in [0.2, 0.25) is 0 Å². The maximum atomic E-state index is 13.7. The van der Waals surface area contributed by atoms with Gasteiger partial charge in [0.05, 0.1) is 6.10 Å². The molecule has 1 atom stereocenters. The Morgan fingerprint density at radius 2 is 2.14 bits per heavy atom. The van der Waals surface area contributed by atoms with Crippen LogP contribution in [0.2, 0.25) is 5.02 Å². The number of hydrogen-bond donors (Lipinski definition) is 1. The Morgan fingerprint density at radius 1 is 1.29 bits per heavy atom. The molecule has 110 valence electrons. The van der Waals surface area contributed by atoms with E-state index in [4.69, 9.17) is 16.3 Å². The lowest BCUT2D eigenvalue weighted by atomic mass is 9.89. The normalized spacial score (nSPS) is 17.4. The zero-order valence-electron chi connectivity index (χ0n) is 11.5. The van der Waals surface area contributed by atoms with Crippen molar-refractivity contribution in [3.63, 3.8) is 0 Å². The van der Waals surface area contributed by atoms with Crippen LogP contribution in [0.4, 0.5) is 4.39 Å². The predicted molar refractivity (Wildman–Crippen MR) is 80.1 cm³/mol. The molecule has 1 aliphatic rings. The molecule has 0 aromatic heterocycles. The fourth-order valence-corrected chi connectivity index (χ4v) is 2.93. The minimum atomic E-state index is -0.430. The molecule has 1 unspecified atom stereocenters. The molecule has 0 bridgehead atoms. The molecule has 2 nitrogen and oxygen atoms in total. The standard InChI is InChI=1S/C17H16ClFO2/c18-12-7-8-15(19)11(9-12)10-21-17-6-2-3-13-14(17)4-1-5-16(13)20/h2-3,6-9,16,20H,1,4-5,10H2. The summed E-state index contributed by atoms with van der Waals surface area (Å²) < 4.78 is 19.5. The molecule has 2 aromatic carbocycles. The van der Waals surface area contributed by atoms with E-state index in [9.17, 15) is 9.50 Å². The van der Waals surface area contributed by atoms with Gasteiger partial charge in [-0.15, -0.1) is 0 Å². The van der Waals surface area contributed by atoms with Crippen molar-refractivity contribution in [2.75, 3.05) is 0 Å². The van der Waals surface area contributed by atoms with E-state index in [-0.39, 0.29) is 12.4 Å². The molecular formula is C17H16ClFO2. The third kappa shape index (κ3) is 3.04. The van der Waals surface area contributed by atoms with Gasteiger partial charge in [-0.2, -0.15) is 0 Å². The highest BCUT2D eigenvalue weighted by molar-refractivity contribution is 6.30. The van der Waals surface area contributed by atoms with Crippen molar-refractivity contribution in [3.05, 3.63) is 63.9 Å². The highest BCUT2D eigenvalue weighted by Gasteiger charge is 2.21. The zero-order valence-corrected chi connectivity index (χ0v) is 12.2. The van der Waals surface area contributed by atoms with Crippen LogP contribution in [0.25, 0.3) is 0 Å². The number of halogens is 2. The maximum Gasteiger partial charge on any atom is 0.129 e. The average Bonchev–Trinajstić information content (AvgIpc) is 2.49. The fourth-order valence-electron chi connectivity index (χ4n) is 2.73. The topological polar surface area (TPSA) is 29.5 Å². The van der Waals surface area contributed by atoms with Crippen LogP contribution in [0, 0.1) is 5.82 Å². The van der Waals surface area contributed by atoms with Crippen LogP contribution in [0.5, 0.6) is 5.75 Å². The van der Waals surface area contributed by atoms with E-state index < -0.39 is 6.10 Å². The summed E-state index contributed by atoms with van der Waals surface area (Å²) in [6.07, 6.45) is 2.15. The molecule has 0 amide bonds. The molecular weight excluding hydrogens is 291 g/mol. The van der Waals surface area contributed by atoms with Gasteiger partial charge in [0, 0.05) is 10.6 Å². The average molecular weight is 307 g/mol. The van der Waals surface area contributed by atoms with Crippen molar-refractivity contribution >= 4 is 11.6 Å². The molecule has 1 aliphatic carbocycles. The van der Waals surface area contributed by atoms with Crippen molar-refractivity contribution < 1.29 is 14.2 Å². The summed E-state index contributed by atoms with van der Waals surface area (Å²) >= 11 is 5.88. The molecule has 0 heterocycles. The number of aliphatic hydroxyl groups is 1. The Kier molecular flexibility index (Phi) is 4.13. The summed E-state index contributed by atoms with van der Waals surface area (Å²) in [6.45, 7) is 0.124. The van der Waals surface area contributed by atoms with Gasteiger partial charge >= 0.3 is 0 Å². The molecule has 2 aromatic rings. The second-order valence-corrected chi connectivity index (χ2v) is 5.69. The van der Waals surface area contributed by atoms with Crippen LogP contribution in [0.3, 0.4) is 0 Å². The molecule has 0 fully saturated rings. The van der Waals surface area contributed by atoms with Crippen LogP contribution in [-0.2, 0) is 13.0 Å². The molecule has 0 spiro atoms. The SMILES string of the molecule is OC1CCCc2c(OCc3cc(Cl)ccc3F)cccc21. The van der Waals surface area contributed by atoms with Crippen LogP contribution in [-0.4, -0.2) is 5.11 Å². The van der Waals surface area contributed by atoms with E-state index >= 15 is 0 Å². The fraction of sp³-hybridized carbons (Fsp3) is 0.294. The first-order valence-electron chi connectivity index (χ1n) is 7.02. The van der Waals surface area contributed by atoms with E-state index in [2.05, 4.69) is 0 Å². The van der Waals surface area contributed by atoms with Gasteiger partial charge < -0.3 is 9.84 Å². The highest BCUT2D eigenvalue weighted by atomic mass is 35.5. The lowest BCUT2D eigenvalue weighted by Gasteiger charge is -2.23. The van der Waals surface area contributed by atoms with Crippen molar-refractivity contribution in [3.8, 4) is 5.75 Å². The lowest BCUT2D eigenvalue weighted by molar-refractivity contribution is 0.155. The molecule has 4 heteroatoms. The van der Waals surface area contributed by atoms with Gasteiger partial charge in [-0.3, -0.25) is 0 Å². The molecule has 0 saturated heterocycles. The van der Waals surface area contributed by atoms with Crippen molar-refractivity contribution in [1.29, 1.82) is 0 Å². The zero-order chi connectivity index (χ0) is 14.8. The van der Waals surface area contributed by atoms with Crippen LogP contribution >= 0.6 is 11.6 Å². The van der Waals surface area contributed by atoms with Crippen LogP contribution < -0.4 is 4.74 Å². The predicted octanol–water partition coefficient (Wildman–Crippen LogP) is 4.43. The smallest absolute Gasteiger partial charge is 0.129 e. The number of benzene rings is 2. The van der Waals surface area contributed by atoms with Gasteiger partial charge in [-0.25, -0.2) is 4.39 Å². The number of ether oxygens (including phenoxy) is 1. The Bertz CT molecular complexity index is 657. The Labute approximate surface area is 128 Å². The summed E-state index contributed by atoms with van der Waals surface area (Å²) in [4.78, 5) is 0. The monoisotopic (exact) mass is 306 g/mol. The Balaban J connectivity index is 1.83. The third-order valence-corrected chi connectivity index (χ3v) is 4.06. The van der Waals surface area contributed by atoms with Crippen molar-refractivity contribution in [2.45, 2.75) is 32.0 Å². The third-order valence-electron chi connectivity index (χ3n) is 3.82. The molecule has 3 rings (SSSR count). The summed E-state index contributed by atoms with van der Waals surface area (Å²) in [5.41, 5.74) is 2.38. The first-order valence-corrected chi connectivity index (χ1v) is 7.39. The van der Waals surface area contributed by atoms with Gasteiger partial charge in [-0.05, 0) is 54.7 Å². The second-order valence-electron chi connectivity index (χ2n) is 5.26. The van der Waals surface area contributed by atoms with Crippen LogP contribution in [0.15, 0.2) is 36.4 Å². The summed E-state index contributed by atoms with van der Waals surface area (Å²) in [5, 5.41) is 10.5. The number of rotatable bonds is 3. The second kappa shape index (κ2) is 6.04. The summed E-state index contributed by atoms with van der Waals surface area (Å²) in [6, 6.07) is 10.1. The maximum absolute atomic E-state index is 13.7. The van der Waals surface area contributed by atoms with Crippen molar-refractivity contribution in [2.24, 2.45) is 0 Å². The van der Waals surface area contributed by atoms with Gasteiger partial charge in [-0.1, -0.05) is 23.7 Å². The first kappa shape index (κ1) is 14.4. The molecule has 0 radical (unpaired) electrons. The quantitative estimate of drug-likeness (QED) is 0.909. The van der Waals surface area contributed by atoms with Gasteiger partial charge in [0.15, 0.2) is 0 Å². The van der Waals surface area contributed by atoms with E-state index in [0.717, 1.165) is 30.4 Å². The van der Waals surface area contributed by atoms with Crippen molar-refractivity contribution in [1.82, 2.24) is 0 Å². The van der Waals surface area contributed by atoms with Gasteiger partial charge in [0.1, 0.15) is 18.2 Å². The lowest BCUT2D eigenvalue weighted by Crippen LogP contribution is -2.11. The van der Waals surface area contributed by atoms with Gasteiger partial charge in [0.25, 0.3) is 0 Å². The van der Waals surface area contributed by atoms with E-state index in [0.29, 0.717) is 16.3 Å². The Morgan fingerprint density at radius 3 is 3.00 bits per heavy atom. The molecule has 0 saturated carbocycles. The number of hydrogen-bond acceptors (Lipinski definition) is 2. The number of fused-ring (bicyclic) bond motifs is 1. The number of aliphatic hydroxyl groups excluding tert-OH is 1. The van der Waals surface area contributed by atoms with E-state index in [1.54, 1.807) is 6.07 Å². The first-order chi connectivity index (χ1) is 10.1. The molecule has 21 heavy (non-hydrogen) atoms. The minimum Gasteiger partial charge on any atom is -0.489 e. The van der Waals surface area contributed by atoms with E-state index in [1.165, 1.54) is 12.1 Å². The Hall–Kier alpha value is -1.58. The minimum absolute atomic E-state index is 0.124. The largest absolute Gasteiger partial charge is 0.489 e. The molecule has 0 aliphatic heterocycles.